The molecule has 0 aliphatic carbocycles. The number of hydrogen-bond donors (Lipinski definition) is 0. The topological polar surface area (TPSA) is 106 Å². The molecule has 6 rings (SSSR count). The number of aromatic nitrogens is 3. The maximum atomic E-state index is 14.9. The van der Waals surface area contributed by atoms with Crippen molar-refractivity contribution in [1.29, 1.82) is 0 Å². The van der Waals surface area contributed by atoms with Crippen molar-refractivity contribution >= 4 is 40.2 Å². The third-order valence-corrected chi connectivity index (χ3v) is 10.0. The van der Waals surface area contributed by atoms with Crippen molar-refractivity contribution in [3.8, 4) is 28.8 Å². The van der Waals surface area contributed by atoms with Gasteiger partial charge in [-0.15, -0.1) is 0 Å². The molecule has 3 aromatic carbocycles. The van der Waals surface area contributed by atoms with Gasteiger partial charge >= 0.3 is 18.3 Å². The number of pyridine rings is 1. The van der Waals surface area contributed by atoms with Crippen LogP contribution in [0.2, 0.25) is 5.02 Å². The molecule has 2 aromatic heterocycles. The van der Waals surface area contributed by atoms with E-state index in [-0.39, 0.29) is 28.4 Å². The number of piperazine rings is 1. The lowest BCUT2D eigenvalue weighted by Crippen LogP contribution is -2.50. The highest BCUT2D eigenvalue weighted by molar-refractivity contribution is 6.34. The number of rotatable bonds is 13. The average molecular weight is 850 g/mol. The molecule has 12 nitrogen and oxygen atoms in total. The molecule has 1 atom stereocenters. The van der Waals surface area contributed by atoms with Crippen LogP contribution in [-0.4, -0.2) is 104 Å². The Morgan fingerprint density at radius 1 is 0.833 bits per heavy atom. The van der Waals surface area contributed by atoms with Crippen molar-refractivity contribution in [2.75, 3.05) is 70.8 Å². The second kappa shape index (κ2) is 18.4. The number of carbonyl (C=O) groups is 1. The lowest BCUT2D eigenvalue weighted by Gasteiger charge is -2.36. The summed E-state index contributed by atoms with van der Waals surface area (Å²) >= 11 is 7.00. The predicted molar refractivity (Wildman–Crippen MR) is 227 cm³/mol. The molecule has 1 amide bonds. The minimum Gasteiger partial charge on any atom is -0.497 e. The summed E-state index contributed by atoms with van der Waals surface area (Å²) in [6, 6.07) is 20.5. The smallest absolute Gasteiger partial charge is 0.418 e. The van der Waals surface area contributed by atoms with Gasteiger partial charge < -0.3 is 38.5 Å². The molecule has 0 N–H and O–H groups in total. The van der Waals surface area contributed by atoms with Gasteiger partial charge in [-0.1, -0.05) is 35.9 Å². The highest BCUT2D eigenvalue weighted by atomic mass is 35.5. The molecule has 320 valence electrons. The second-order valence-corrected chi connectivity index (χ2v) is 16.3. The van der Waals surface area contributed by atoms with Crippen LogP contribution in [0.5, 0.6) is 17.5 Å². The number of alkyl halides is 3. The Bertz CT molecular complexity index is 2210. The summed E-state index contributed by atoms with van der Waals surface area (Å²) in [4.78, 5) is 34.6. The molecule has 3 heterocycles. The van der Waals surface area contributed by atoms with E-state index in [2.05, 4.69) is 0 Å². The number of halogens is 4. The van der Waals surface area contributed by atoms with Crippen molar-refractivity contribution in [2.45, 2.75) is 58.7 Å². The van der Waals surface area contributed by atoms with Gasteiger partial charge in [0.25, 0.3) is 0 Å². The van der Waals surface area contributed by atoms with Crippen LogP contribution in [0.15, 0.2) is 72.8 Å². The molecule has 1 unspecified atom stereocenters. The van der Waals surface area contributed by atoms with Crippen molar-refractivity contribution in [3.63, 3.8) is 0 Å². The fraction of sp³-hybridized carbons (Fsp3) is 0.409. The number of hydrogen-bond acceptors (Lipinski definition) is 11. The third kappa shape index (κ3) is 11.0. The third-order valence-electron chi connectivity index (χ3n) is 9.73. The molecule has 0 bridgehead atoms. The Hall–Kier alpha value is -5.54. The van der Waals surface area contributed by atoms with Crippen molar-refractivity contribution in [3.05, 3.63) is 94.5 Å². The van der Waals surface area contributed by atoms with Gasteiger partial charge in [0.05, 0.1) is 36.0 Å². The van der Waals surface area contributed by atoms with E-state index >= 15 is 0 Å². The van der Waals surface area contributed by atoms with Gasteiger partial charge in [-0.3, -0.25) is 0 Å². The number of amides is 1. The molecule has 1 saturated heterocycles. The number of likely N-dealkylation sites (N-methyl/N-ethyl adjacent to an activating group) is 1. The monoisotopic (exact) mass is 849 g/mol. The number of benzene rings is 3. The Morgan fingerprint density at radius 3 is 1.93 bits per heavy atom. The Morgan fingerprint density at radius 2 is 1.42 bits per heavy atom. The quantitative estimate of drug-likeness (QED) is 0.113. The van der Waals surface area contributed by atoms with Crippen LogP contribution in [0.4, 0.5) is 29.6 Å². The second-order valence-electron chi connectivity index (χ2n) is 15.9. The lowest BCUT2D eigenvalue weighted by atomic mass is 10.0. The summed E-state index contributed by atoms with van der Waals surface area (Å²) in [5, 5.41) is 0.536. The van der Waals surface area contributed by atoms with E-state index in [1.807, 2.05) is 105 Å². The zero-order valence-electron chi connectivity index (χ0n) is 35.1. The molecule has 1 fully saturated rings. The van der Waals surface area contributed by atoms with Crippen LogP contribution in [0.3, 0.4) is 0 Å². The van der Waals surface area contributed by atoms with E-state index in [1.165, 1.54) is 12.1 Å². The molecular formula is C44H51ClF3N7O5. The summed E-state index contributed by atoms with van der Waals surface area (Å²) in [5.41, 5.74) is 0.189. The summed E-state index contributed by atoms with van der Waals surface area (Å²) in [6.07, 6.45) is -5.50. The number of carbonyl (C=O) groups excluding carboxylic acids is 1. The van der Waals surface area contributed by atoms with Crippen LogP contribution < -0.4 is 24.0 Å². The molecule has 0 radical (unpaired) electrons. The van der Waals surface area contributed by atoms with Crippen LogP contribution in [0, 0.1) is 0 Å². The SMILES string of the molecule is COc1ccc(CN(Cc2ccc(OC)cc2)c2ccc(C(F)(F)F)c(-c3cc4nc(OC(C)CN(C)C)nc(N5CCN(C(=O)OC(C)(C)C)CC5)c4cc3Cl)n2)cc1. The van der Waals surface area contributed by atoms with E-state index in [4.69, 9.17) is 45.5 Å². The van der Waals surface area contributed by atoms with E-state index in [9.17, 15) is 18.0 Å². The average Bonchev–Trinajstić information content (AvgIpc) is 3.19. The number of ether oxygens (including phenoxy) is 4. The lowest BCUT2D eigenvalue weighted by molar-refractivity contribution is -0.137. The van der Waals surface area contributed by atoms with Crippen molar-refractivity contribution in [2.24, 2.45) is 0 Å². The molecule has 60 heavy (non-hydrogen) atoms. The highest BCUT2D eigenvalue weighted by Gasteiger charge is 2.36. The van der Waals surface area contributed by atoms with Crippen LogP contribution in [-0.2, 0) is 24.0 Å². The van der Waals surface area contributed by atoms with Crippen molar-refractivity contribution in [1.82, 2.24) is 24.8 Å². The van der Waals surface area contributed by atoms with E-state index in [1.54, 1.807) is 25.2 Å². The number of nitrogens with zero attached hydrogens (tertiary/aromatic N) is 7. The summed E-state index contributed by atoms with van der Waals surface area (Å²) < 4.78 is 67.3. The van der Waals surface area contributed by atoms with E-state index in [0.29, 0.717) is 79.9 Å². The summed E-state index contributed by atoms with van der Waals surface area (Å²) in [7, 11) is 6.99. The standard InChI is InChI=1S/C44H51ClF3N7O5/c1-28(25-52(5)6)59-41-49-37-24-33(36(45)23-34(37)40(51-41)53-19-21-54(22-20-53)42(56)60-43(2,3)4)39-35(44(46,47)48)17-18-38(50-39)55(26-29-9-13-31(57-7)14-10-29)27-30-11-15-32(58-8)16-12-30/h9-18,23-24,28H,19-22,25-27H2,1-8H3. The first-order valence-electron chi connectivity index (χ1n) is 19.6. The molecule has 1 aliphatic rings. The Kier molecular flexibility index (Phi) is 13.5. The van der Waals surface area contributed by atoms with Crippen molar-refractivity contribution < 1.29 is 36.9 Å². The zero-order valence-corrected chi connectivity index (χ0v) is 35.9. The molecule has 5 aromatic rings. The first-order valence-corrected chi connectivity index (χ1v) is 19.9. The van der Waals surface area contributed by atoms with Crippen LogP contribution in [0.25, 0.3) is 22.2 Å². The van der Waals surface area contributed by atoms with Crippen LogP contribution >= 0.6 is 11.6 Å². The van der Waals surface area contributed by atoms with Gasteiger partial charge in [-0.2, -0.15) is 23.1 Å². The van der Waals surface area contributed by atoms with E-state index < -0.39 is 23.4 Å². The summed E-state index contributed by atoms with van der Waals surface area (Å²) in [6.45, 7) is 10.0. The number of fused-ring (bicyclic) bond motifs is 1. The van der Waals surface area contributed by atoms with Crippen LogP contribution in [0.1, 0.15) is 44.4 Å². The highest BCUT2D eigenvalue weighted by Crippen LogP contribution is 2.42. The molecule has 1 aliphatic heterocycles. The zero-order chi connectivity index (χ0) is 43.4. The van der Waals surface area contributed by atoms with Gasteiger partial charge in [-0.05, 0) is 101 Å². The number of methoxy groups -OCH3 is 2. The largest absolute Gasteiger partial charge is 0.497 e. The van der Waals surface area contributed by atoms with E-state index in [0.717, 1.165) is 17.2 Å². The van der Waals surface area contributed by atoms with Gasteiger partial charge in [0, 0.05) is 56.8 Å². The fourth-order valence-electron chi connectivity index (χ4n) is 6.93. The summed E-state index contributed by atoms with van der Waals surface area (Å²) in [5.74, 6) is 2.13. The Balaban J connectivity index is 1.44. The van der Waals surface area contributed by atoms with Gasteiger partial charge in [0.2, 0.25) is 0 Å². The van der Waals surface area contributed by atoms with Gasteiger partial charge in [0.1, 0.15) is 34.8 Å². The fourth-order valence-corrected chi connectivity index (χ4v) is 7.18. The molecular weight excluding hydrogens is 799 g/mol. The molecule has 16 heteroatoms. The van der Waals surface area contributed by atoms with Gasteiger partial charge in [0.15, 0.2) is 0 Å². The molecule has 0 saturated carbocycles. The minimum absolute atomic E-state index is 0.0291. The predicted octanol–water partition coefficient (Wildman–Crippen LogP) is 8.97. The molecule has 0 spiro atoms. The number of anilines is 2. The maximum absolute atomic E-state index is 14.9. The van der Waals surface area contributed by atoms with Gasteiger partial charge in [-0.25, -0.2) is 9.78 Å². The Labute approximate surface area is 353 Å². The first kappa shape index (κ1) is 44.0. The maximum Gasteiger partial charge on any atom is 0.418 e. The normalized spacial score (nSPS) is 14.0. The first-order chi connectivity index (χ1) is 28.4. The minimum atomic E-state index is -4.77.